The van der Waals surface area contributed by atoms with Gasteiger partial charge in [0.25, 0.3) is 5.91 Å². The summed E-state index contributed by atoms with van der Waals surface area (Å²) in [5, 5.41) is 3.97. The zero-order valence-corrected chi connectivity index (χ0v) is 11.9. The van der Waals surface area contributed by atoms with Gasteiger partial charge in [-0.05, 0) is 29.8 Å². The Morgan fingerprint density at radius 1 is 1.10 bits per heavy atom. The molecule has 2 N–H and O–H groups in total. The first-order valence-electron chi connectivity index (χ1n) is 6.45. The van der Waals surface area contributed by atoms with E-state index in [1.807, 2.05) is 30.3 Å². The molecule has 1 aromatic carbocycles. The molecule has 3 aromatic rings. The van der Waals surface area contributed by atoms with Crippen LogP contribution in [0.4, 0.5) is 0 Å². The van der Waals surface area contributed by atoms with Gasteiger partial charge in [-0.25, -0.2) is 5.43 Å². The van der Waals surface area contributed by atoms with Gasteiger partial charge >= 0.3 is 0 Å². The van der Waals surface area contributed by atoms with Crippen molar-refractivity contribution in [2.75, 3.05) is 0 Å². The summed E-state index contributed by atoms with van der Waals surface area (Å²) in [6.45, 7) is 0. The molecule has 2 heterocycles. The van der Waals surface area contributed by atoms with Crippen LogP contribution < -0.4 is 5.43 Å². The van der Waals surface area contributed by atoms with Crippen LogP contribution in [0.3, 0.4) is 0 Å². The number of carbonyl (C=O) groups excluding carboxylic acids is 1. The molecule has 0 aliphatic rings. The first-order valence-corrected chi connectivity index (χ1v) is 7.26. The minimum absolute atomic E-state index is 0.254. The van der Waals surface area contributed by atoms with Crippen LogP contribution in [0.2, 0.25) is 0 Å². The number of aromatic amines is 1. The topological polar surface area (TPSA) is 57.2 Å². The van der Waals surface area contributed by atoms with E-state index in [4.69, 9.17) is 0 Å². The van der Waals surface area contributed by atoms with Crippen molar-refractivity contribution in [3.63, 3.8) is 0 Å². The standard InChI is InChI=1S/C16H13N3OS/c20-16(14-7-4-10-17-14)19-18-11-13-8-9-15(21-13)12-5-2-1-3-6-12/h1-11,17H,(H,19,20)/b18-11-. The first-order chi connectivity index (χ1) is 10.3. The highest BCUT2D eigenvalue weighted by atomic mass is 32.1. The Balaban J connectivity index is 1.65. The van der Waals surface area contributed by atoms with Gasteiger partial charge in [-0.1, -0.05) is 30.3 Å². The molecule has 1 amide bonds. The quantitative estimate of drug-likeness (QED) is 0.561. The molecule has 4 nitrogen and oxygen atoms in total. The van der Waals surface area contributed by atoms with E-state index in [9.17, 15) is 4.79 Å². The number of nitrogens with zero attached hydrogens (tertiary/aromatic N) is 1. The third-order valence-corrected chi connectivity index (χ3v) is 3.95. The number of nitrogens with one attached hydrogen (secondary N) is 2. The monoisotopic (exact) mass is 295 g/mol. The van der Waals surface area contributed by atoms with Gasteiger partial charge in [-0.15, -0.1) is 11.3 Å². The smallest absolute Gasteiger partial charge is 0.287 e. The fraction of sp³-hybridized carbons (Fsp3) is 0. The Kier molecular flexibility index (Phi) is 3.93. The van der Waals surface area contributed by atoms with E-state index < -0.39 is 0 Å². The number of H-pyrrole nitrogens is 1. The summed E-state index contributed by atoms with van der Waals surface area (Å²) in [5.74, 6) is -0.254. The number of hydrogen-bond acceptors (Lipinski definition) is 3. The lowest BCUT2D eigenvalue weighted by atomic mass is 10.2. The van der Waals surface area contributed by atoms with Gasteiger partial charge in [0.05, 0.1) is 6.21 Å². The Labute approximate surface area is 126 Å². The molecule has 0 fully saturated rings. The second kappa shape index (κ2) is 6.19. The maximum atomic E-state index is 11.7. The second-order valence-electron chi connectivity index (χ2n) is 4.35. The van der Waals surface area contributed by atoms with Crippen molar-refractivity contribution in [2.45, 2.75) is 0 Å². The maximum Gasteiger partial charge on any atom is 0.287 e. The molecule has 0 atom stereocenters. The third-order valence-electron chi connectivity index (χ3n) is 2.89. The van der Waals surface area contributed by atoms with Crippen LogP contribution in [0.1, 0.15) is 15.4 Å². The molecule has 5 heteroatoms. The van der Waals surface area contributed by atoms with Crippen molar-refractivity contribution in [1.29, 1.82) is 0 Å². The van der Waals surface area contributed by atoms with Crippen LogP contribution in [-0.4, -0.2) is 17.1 Å². The molecule has 0 spiro atoms. The molecular formula is C16H13N3OS. The lowest BCUT2D eigenvalue weighted by Crippen LogP contribution is -2.17. The lowest BCUT2D eigenvalue weighted by Gasteiger charge is -1.95. The van der Waals surface area contributed by atoms with E-state index >= 15 is 0 Å². The molecule has 0 aliphatic carbocycles. The number of thiophene rings is 1. The largest absolute Gasteiger partial charge is 0.357 e. The Morgan fingerprint density at radius 2 is 1.95 bits per heavy atom. The van der Waals surface area contributed by atoms with Gasteiger partial charge in [0.15, 0.2) is 0 Å². The van der Waals surface area contributed by atoms with Gasteiger partial charge in [-0.2, -0.15) is 5.10 Å². The van der Waals surface area contributed by atoms with Crippen LogP contribution in [0.5, 0.6) is 0 Å². The van der Waals surface area contributed by atoms with Crippen LogP contribution in [-0.2, 0) is 0 Å². The average molecular weight is 295 g/mol. The Morgan fingerprint density at radius 3 is 2.71 bits per heavy atom. The maximum absolute atomic E-state index is 11.7. The van der Waals surface area contributed by atoms with Crippen molar-refractivity contribution in [3.05, 3.63) is 71.4 Å². The molecule has 0 radical (unpaired) electrons. The van der Waals surface area contributed by atoms with Crippen LogP contribution in [0, 0.1) is 0 Å². The highest BCUT2D eigenvalue weighted by molar-refractivity contribution is 7.17. The van der Waals surface area contributed by atoms with Gasteiger partial charge in [0, 0.05) is 16.0 Å². The van der Waals surface area contributed by atoms with Gasteiger partial charge in [-0.3, -0.25) is 4.79 Å². The molecule has 0 aliphatic heterocycles. The summed E-state index contributed by atoms with van der Waals surface area (Å²) in [6.07, 6.45) is 3.35. The average Bonchev–Trinajstić information content (AvgIpc) is 3.20. The Bertz CT molecular complexity index is 745. The molecule has 0 unspecified atom stereocenters. The molecule has 0 saturated carbocycles. The van der Waals surface area contributed by atoms with E-state index in [-0.39, 0.29) is 5.91 Å². The molecule has 21 heavy (non-hydrogen) atoms. The van der Waals surface area contributed by atoms with E-state index in [1.54, 1.807) is 35.9 Å². The number of benzene rings is 1. The number of rotatable bonds is 4. The Hall–Kier alpha value is -2.66. The number of hydrogen-bond donors (Lipinski definition) is 2. The SMILES string of the molecule is O=C(N/N=C\c1ccc(-c2ccccc2)s1)c1ccc[nH]1. The first kappa shape index (κ1) is 13.3. The summed E-state index contributed by atoms with van der Waals surface area (Å²) in [4.78, 5) is 16.7. The molecule has 2 aromatic heterocycles. The predicted octanol–water partition coefficient (Wildman–Crippen LogP) is 3.51. The molecule has 0 bridgehead atoms. The lowest BCUT2D eigenvalue weighted by molar-refractivity contribution is 0.0951. The minimum Gasteiger partial charge on any atom is -0.357 e. The molecule has 3 rings (SSSR count). The minimum atomic E-state index is -0.254. The number of amides is 1. The highest BCUT2D eigenvalue weighted by Crippen LogP contribution is 2.26. The normalized spacial score (nSPS) is 10.9. The summed E-state index contributed by atoms with van der Waals surface area (Å²) in [7, 11) is 0. The fourth-order valence-corrected chi connectivity index (χ4v) is 2.75. The molecule has 0 saturated heterocycles. The van der Waals surface area contributed by atoms with Crippen LogP contribution in [0.25, 0.3) is 10.4 Å². The van der Waals surface area contributed by atoms with Crippen molar-refractivity contribution in [2.24, 2.45) is 5.10 Å². The van der Waals surface area contributed by atoms with Crippen molar-refractivity contribution in [1.82, 2.24) is 10.4 Å². The van der Waals surface area contributed by atoms with E-state index in [2.05, 4.69) is 27.6 Å². The van der Waals surface area contributed by atoms with E-state index in [0.29, 0.717) is 5.69 Å². The van der Waals surface area contributed by atoms with Gasteiger partial charge < -0.3 is 4.98 Å². The van der Waals surface area contributed by atoms with Gasteiger partial charge in [0.2, 0.25) is 0 Å². The third kappa shape index (κ3) is 3.27. The number of carbonyl (C=O) groups is 1. The molecular weight excluding hydrogens is 282 g/mol. The number of aromatic nitrogens is 1. The number of hydrazone groups is 1. The van der Waals surface area contributed by atoms with E-state index in [1.165, 1.54) is 10.4 Å². The fourth-order valence-electron chi connectivity index (χ4n) is 1.87. The van der Waals surface area contributed by atoms with Crippen molar-refractivity contribution < 1.29 is 4.79 Å². The van der Waals surface area contributed by atoms with Crippen molar-refractivity contribution in [3.8, 4) is 10.4 Å². The zero-order valence-electron chi connectivity index (χ0n) is 11.1. The summed E-state index contributed by atoms with van der Waals surface area (Å²) in [6, 6.07) is 17.7. The highest BCUT2D eigenvalue weighted by Gasteiger charge is 2.04. The summed E-state index contributed by atoms with van der Waals surface area (Å²) < 4.78 is 0. The van der Waals surface area contributed by atoms with E-state index in [0.717, 1.165) is 4.88 Å². The molecule has 104 valence electrons. The second-order valence-corrected chi connectivity index (χ2v) is 5.47. The summed E-state index contributed by atoms with van der Waals surface area (Å²) >= 11 is 1.63. The van der Waals surface area contributed by atoms with Crippen LogP contribution in [0.15, 0.2) is 65.9 Å². The summed E-state index contributed by atoms with van der Waals surface area (Å²) in [5.41, 5.74) is 4.16. The van der Waals surface area contributed by atoms with Crippen LogP contribution >= 0.6 is 11.3 Å². The zero-order chi connectivity index (χ0) is 14.5. The van der Waals surface area contributed by atoms with Crippen molar-refractivity contribution >= 4 is 23.5 Å². The van der Waals surface area contributed by atoms with Gasteiger partial charge in [0.1, 0.15) is 5.69 Å². The predicted molar refractivity (Wildman–Crippen MR) is 85.6 cm³/mol.